The zero-order valence-electron chi connectivity index (χ0n) is 18.1. The minimum absolute atomic E-state index is 0.249. The van der Waals surface area contributed by atoms with Gasteiger partial charge in [0.25, 0.3) is 11.8 Å². The van der Waals surface area contributed by atoms with Crippen LogP contribution in [-0.4, -0.2) is 34.1 Å². The van der Waals surface area contributed by atoms with Gasteiger partial charge in [-0.3, -0.25) is 14.9 Å². The molecular weight excluding hydrogens is 468 g/mol. The molecule has 0 radical (unpaired) electrons. The topological polar surface area (TPSA) is 100 Å². The summed E-state index contributed by atoms with van der Waals surface area (Å²) >= 11 is 2.98. The second-order valence-corrected chi connectivity index (χ2v) is 10.1. The zero-order valence-corrected chi connectivity index (χ0v) is 19.8. The zero-order chi connectivity index (χ0) is 23.7. The number of hydrogen-bond acceptors (Lipinski definition) is 6. The van der Waals surface area contributed by atoms with Crippen molar-refractivity contribution in [3.8, 4) is 10.6 Å². The van der Waals surface area contributed by atoms with Crippen molar-refractivity contribution < 1.29 is 14.4 Å². The minimum atomic E-state index is -1.03. The predicted octanol–water partition coefficient (Wildman–Crippen LogP) is 4.91. The molecular formula is C25H20N4O3S2. The molecule has 9 heteroatoms. The van der Waals surface area contributed by atoms with Crippen molar-refractivity contribution in [1.82, 2.24) is 15.6 Å². The normalized spacial score (nSPS) is 17.4. The van der Waals surface area contributed by atoms with Crippen LogP contribution in [0.3, 0.4) is 0 Å². The number of anilines is 1. The van der Waals surface area contributed by atoms with Crippen molar-refractivity contribution in [2.24, 2.45) is 0 Å². The molecule has 34 heavy (non-hydrogen) atoms. The fraction of sp³-hybridized carbons (Fsp3) is 0.120. The molecule has 2 heterocycles. The third kappa shape index (κ3) is 4.40. The third-order valence-electron chi connectivity index (χ3n) is 5.45. The van der Waals surface area contributed by atoms with Gasteiger partial charge in [0, 0.05) is 21.9 Å². The third-order valence-corrected chi connectivity index (χ3v) is 7.92. The number of para-hydroxylation sites is 1. The van der Waals surface area contributed by atoms with Gasteiger partial charge in [0.15, 0.2) is 0 Å². The van der Waals surface area contributed by atoms with Crippen LogP contribution in [-0.2, 0) is 4.79 Å². The van der Waals surface area contributed by atoms with Crippen LogP contribution >= 0.6 is 23.1 Å². The largest absolute Gasteiger partial charge is 0.323 e. The van der Waals surface area contributed by atoms with E-state index in [4.69, 9.17) is 0 Å². The van der Waals surface area contributed by atoms with E-state index in [1.165, 1.54) is 11.8 Å². The lowest BCUT2D eigenvalue weighted by atomic mass is 10.1. The van der Waals surface area contributed by atoms with Crippen molar-refractivity contribution >= 4 is 56.8 Å². The Morgan fingerprint density at radius 1 is 1.03 bits per heavy atom. The first-order chi connectivity index (χ1) is 16.4. The number of rotatable bonds is 6. The highest BCUT2D eigenvalue weighted by Crippen LogP contribution is 2.31. The van der Waals surface area contributed by atoms with Crippen molar-refractivity contribution in [1.29, 1.82) is 0 Å². The number of carbonyl (C=O) groups excluding carboxylic acids is 3. The van der Waals surface area contributed by atoms with Gasteiger partial charge in [0.05, 0.1) is 15.8 Å². The van der Waals surface area contributed by atoms with Gasteiger partial charge in [-0.05, 0) is 55.5 Å². The van der Waals surface area contributed by atoms with E-state index in [2.05, 4.69) is 20.9 Å². The van der Waals surface area contributed by atoms with Gasteiger partial charge >= 0.3 is 6.03 Å². The van der Waals surface area contributed by atoms with Crippen LogP contribution in [0.1, 0.15) is 17.3 Å². The van der Waals surface area contributed by atoms with E-state index in [0.29, 0.717) is 17.0 Å². The first-order valence-electron chi connectivity index (χ1n) is 10.5. The van der Waals surface area contributed by atoms with Gasteiger partial charge in [0.1, 0.15) is 10.5 Å². The molecule has 5 rings (SSSR count). The summed E-state index contributed by atoms with van der Waals surface area (Å²) in [7, 11) is 0. The Morgan fingerprint density at radius 2 is 1.76 bits per heavy atom. The Morgan fingerprint density at radius 3 is 2.50 bits per heavy atom. The Labute approximate surface area is 204 Å². The van der Waals surface area contributed by atoms with Crippen LogP contribution in [0.25, 0.3) is 20.8 Å². The van der Waals surface area contributed by atoms with E-state index >= 15 is 0 Å². The Bertz CT molecular complexity index is 1380. The number of thiazole rings is 1. The molecule has 7 nitrogen and oxygen atoms in total. The molecule has 0 spiro atoms. The summed E-state index contributed by atoms with van der Waals surface area (Å²) in [5, 5.41) is 8.76. The van der Waals surface area contributed by atoms with Crippen LogP contribution in [0.15, 0.2) is 77.7 Å². The lowest BCUT2D eigenvalue weighted by Gasteiger charge is -2.20. The highest BCUT2D eigenvalue weighted by atomic mass is 32.2. The lowest BCUT2D eigenvalue weighted by Crippen LogP contribution is -2.46. The molecule has 0 bridgehead atoms. The molecule has 4 aromatic rings. The van der Waals surface area contributed by atoms with E-state index in [1.54, 1.807) is 30.4 Å². The molecule has 0 saturated carbocycles. The van der Waals surface area contributed by atoms with Crippen molar-refractivity contribution in [2.45, 2.75) is 17.4 Å². The van der Waals surface area contributed by atoms with Gasteiger partial charge in [0.2, 0.25) is 0 Å². The van der Waals surface area contributed by atoms with Gasteiger partial charge in [-0.25, -0.2) is 9.78 Å². The van der Waals surface area contributed by atoms with Crippen LogP contribution < -0.4 is 16.0 Å². The SMILES string of the molecule is C[C@@]1(CSc2ccccc2C(=O)Nc2ccc(-c3nc4ccccc4s3)cc2)NC(=O)NC1=O. The Kier molecular flexibility index (Phi) is 5.80. The number of nitrogens with one attached hydrogen (secondary N) is 3. The number of carbonyl (C=O) groups is 3. The van der Waals surface area contributed by atoms with E-state index in [-0.39, 0.29) is 11.8 Å². The van der Waals surface area contributed by atoms with Gasteiger partial charge in [-0.2, -0.15) is 0 Å². The quantitative estimate of drug-likeness (QED) is 0.265. The van der Waals surface area contributed by atoms with Crippen LogP contribution in [0, 0.1) is 0 Å². The molecule has 3 aromatic carbocycles. The molecule has 0 unspecified atom stereocenters. The summed E-state index contributed by atoms with van der Waals surface area (Å²) in [6.45, 7) is 1.66. The molecule has 0 aliphatic carbocycles. The standard InChI is InChI=1S/C25H20N4O3S2/c1-25(23(31)28-24(32)29-25)14-33-19-8-4-2-6-17(19)21(30)26-16-12-10-15(11-13-16)22-27-18-7-3-5-9-20(18)34-22/h2-13H,14H2,1H3,(H,26,30)(H2,28,29,31,32)/t25-/m0/s1. The highest BCUT2D eigenvalue weighted by Gasteiger charge is 2.41. The highest BCUT2D eigenvalue weighted by molar-refractivity contribution is 7.99. The maximum Gasteiger partial charge on any atom is 0.322 e. The van der Waals surface area contributed by atoms with Gasteiger partial charge < -0.3 is 10.6 Å². The maximum atomic E-state index is 13.0. The summed E-state index contributed by atoms with van der Waals surface area (Å²) in [6.07, 6.45) is 0. The molecule has 1 aliphatic heterocycles. The summed E-state index contributed by atoms with van der Waals surface area (Å²) in [5.74, 6) is -0.327. The molecule has 170 valence electrons. The fourth-order valence-electron chi connectivity index (χ4n) is 3.57. The monoisotopic (exact) mass is 488 g/mol. The number of thioether (sulfide) groups is 1. The van der Waals surface area contributed by atoms with Crippen LogP contribution in [0.2, 0.25) is 0 Å². The van der Waals surface area contributed by atoms with E-state index in [9.17, 15) is 14.4 Å². The molecule has 1 aliphatic rings. The number of benzene rings is 3. The molecule has 1 atom stereocenters. The number of hydrogen-bond donors (Lipinski definition) is 3. The Hall–Kier alpha value is -3.69. The van der Waals surface area contributed by atoms with Gasteiger partial charge in [-0.1, -0.05) is 24.3 Å². The minimum Gasteiger partial charge on any atom is -0.323 e. The van der Waals surface area contributed by atoms with Crippen LogP contribution in [0.5, 0.6) is 0 Å². The van der Waals surface area contributed by atoms with Crippen LogP contribution in [0.4, 0.5) is 10.5 Å². The maximum absolute atomic E-state index is 13.0. The molecule has 4 amide bonds. The molecule has 1 aromatic heterocycles. The average Bonchev–Trinajstić information content (AvgIpc) is 3.38. The van der Waals surface area contributed by atoms with Crippen molar-refractivity contribution in [3.63, 3.8) is 0 Å². The number of aromatic nitrogens is 1. The number of fused-ring (bicyclic) bond motifs is 1. The second-order valence-electron chi connectivity index (χ2n) is 8.04. The van der Waals surface area contributed by atoms with E-state index in [0.717, 1.165) is 25.7 Å². The second kappa shape index (κ2) is 8.92. The van der Waals surface area contributed by atoms with Crippen molar-refractivity contribution in [2.75, 3.05) is 11.1 Å². The molecule has 3 N–H and O–H groups in total. The lowest BCUT2D eigenvalue weighted by molar-refractivity contribution is -0.122. The fourth-order valence-corrected chi connectivity index (χ4v) is 5.68. The molecule has 1 saturated heterocycles. The van der Waals surface area contributed by atoms with E-state index in [1.807, 2.05) is 60.7 Å². The number of urea groups is 1. The van der Waals surface area contributed by atoms with E-state index < -0.39 is 11.6 Å². The summed E-state index contributed by atoms with van der Waals surface area (Å²) in [5.41, 5.74) is 2.10. The predicted molar refractivity (Wildman–Crippen MR) is 135 cm³/mol. The van der Waals surface area contributed by atoms with Gasteiger partial charge in [-0.15, -0.1) is 23.1 Å². The first kappa shape index (κ1) is 22.1. The van der Waals surface area contributed by atoms with Crippen molar-refractivity contribution in [3.05, 3.63) is 78.4 Å². The first-order valence-corrected chi connectivity index (χ1v) is 12.3. The smallest absolute Gasteiger partial charge is 0.322 e. The Balaban J connectivity index is 1.29. The summed E-state index contributed by atoms with van der Waals surface area (Å²) < 4.78 is 1.13. The number of imide groups is 1. The average molecular weight is 489 g/mol. The summed E-state index contributed by atoms with van der Waals surface area (Å²) in [4.78, 5) is 42.0. The molecule has 1 fully saturated rings. The summed E-state index contributed by atoms with van der Waals surface area (Å²) in [6, 6.07) is 22.3. The number of amides is 4. The number of nitrogens with zero attached hydrogens (tertiary/aromatic N) is 1.